The predicted molar refractivity (Wildman–Crippen MR) is 53.3 cm³/mol. The highest BCUT2D eigenvalue weighted by molar-refractivity contribution is 5.76. The number of benzene rings is 1. The summed E-state index contributed by atoms with van der Waals surface area (Å²) in [5, 5.41) is 11.8. The van der Waals surface area contributed by atoms with Gasteiger partial charge in [0.05, 0.1) is 0 Å². The van der Waals surface area contributed by atoms with E-state index in [4.69, 9.17) is 9.62 Å². The van der Waals surface area contributed by atoms with Crippen molar-refractivity contribution in [3.63, 3.8) is 0 Å². The molecule has 2 rings (SSSR count). The third kappa shape index (κ3) is 2.11. The van der Waals surface area contributed by atoms with E-state index in [0.717, 1.165) is 5.56 Å². The Bertz CT molecular complexity index is 629. The van der Waals surface area contributed by atoms with Crippen molar-refractivity contribution in [3.8, 4) is 0 Å². The van der Waals surface area contributed by atoms with Crippen molar-refractivity contribution >= 4 is 11.0 Å². The lowest BCUT2D eigenvalue weighted by molar-refractivity contribution is -0.152. The number of nitrogens with zero attached hydrogens (tertiary/aromatic N) is 1. The lowest BCUT2D eigenvalue weighted by Crippen LogP contribution is -2.12. The molecule has 1 N–H and O–H groups in total. The Hall–Kier alpha value is -1.98. The van der Waals surface area contributed by atoms with Gasteiger partial charge in [-0.05, 0) is 19.1 Å². The smallest absolute Gasteiger partial charge is 0.449 e. The fourth-order valence-corrected chi connectivity index (χ4v) is 1.51. The van der Waals surface area contributed by atoms with Crippen molar-refractivity contribution in [1.29, 1.82) is 0 Å². The van der Waals surface area contributed by atoms with Crippen LogP contribution in [0.15, 0.2) is 33.8 Å². The summed E-state index contributed by atoms with van der Waals surface area (Å²) in [7, 11) is 0. The van der Waals surface area contributed by atoms with Crippen molar-refractivity contribution < 1.29 is 22.8 Å². The first-order valence-corrected chi connectivity index (χ1v) is 4.71. The van der Waals surface area contributed by atoms with Crippen molar-refractivity contribution in [1.82, 2.24) is 0 Å². The van der Waals surface area contributed by atoms with Gasteiger partial charge in [-0.15, -0.1) is 0 Å². The van der Waals surface area contributed by atoms with Gasteiger partial charge in [0.15, 0.2) is 0 Å². The number of halogens is 3. The molecule has 17 heavy (non-hydrogen) atoms. The van der Waals surface area contributed by atoms with Gasteiger partial charge in [0.2, 0.25) is 5.76 Å². The summed E-state index contributed by atoms with van der Waals surface area (Å²) < 4.78 is 42.2. The minimum atomic E-state index is -4.61. The highest BCUT2D eigenvalue weighted by atomic mass is 19.4. The monoisotopic (exact) mass is 243 g/mol. The summed E-state index contributed by atoms with van der Waals surface area (Å²) in [6.45, 7) is 1.78. The zero-order chi connectivity index (χ0) is 12.6. The van der Waals surface area contributed by atoms with Crippen LogP contribution in [0.3, 0.4) is 0 Å². The minimum Gasteiger partial charge on any atom is -0.451 e. The standard InChI is InChI=1S/C11H8F3NO2/c1-6-2-3-9-7(4-6)8(15-16)5-10(17-9)11(12,13)14/h2-5,16H,1H3. The van der Waals surface area contributed by atoms with Gasteiger partial charge in [-0.2, -0.15) is 13.2 Å². The maximum atomic E-state index is 12.5. The third-order valence-electron chi connectivity index (χ3n) is 2.29. The summed E-state index contributed by atoms with van der Waals surface area (Å²) in [5.41, 5.74) is 0.857. The van der Waals surface area contributed by atoms with Crippen LogP contribution in [0, 0.1) is 6.92 Å². The molecule has 0 bridgehead atoms. The zero-order valence-corrected chi connectivity index (χ0v) is 8.75. The second-order valence-electron chi connectivity index (χ2n) is 3.59. The van der Waals surface area contributed by atoms with Crippen molar-refractivity contribution in [2.75, 3.05) is 0 Å². The Morgan fingerprint density at radius 1 is 1.24 bits per heavy atom. The summed E-state index contributed by atoms with van der Waals surface area (Å²) in [6.07, 6.45) is -4.61. The molecule has 0 unspecified atom stereocenters. The summed E-state index contributed by atoms with van der Waals surface area (Å²) in [6, 6.07) is 5.29. The fourth-order valence-electron chi connectivity index (χ4n) is 1.51. The van der Waals surface area contributed by atoms with Crippen molar-refractivity contribution in [2.24, 2.45) is 5.16 Å². The molecule has 2 aromatic rings. The van der Waals surface area contributed by atoms with Crippen LogP contribution in [0.2, 0.25) is 0 Å². The van der Waals surface area contributed by atoms with Gasteiger partial charge in [0.1, 0.15) is 10.9 Å². The molecule has 3 nitrogen and oxygen atoms in total. The molecule has 90 valence electrons. The Labute approximate surface area is 93.8 Å². The Morgan fingerprint density at radius 2 is 1.94 bits per heavy atom. The van der Waals surface area contributed by atoms with Crippen LogP contribution in [-0.2, 0) is 6.18 Å². The fraction of sp³-hybridized carbons (Fsp3) is 0.182. The Balaban J connectivity index is 2.85. The summed E-state index contributed by atoms with van der Waals surface area (Å²) >= 11 is 0. The Morgan fingerprint density at radius 3 is 2.53 bits per heavy atom. The second-order valence-corrected chi connectivity index (χ2v) is 3.59. The first-order chi connectivity index (χ1) is 7.91. The molecule has 1 aromatic carbocycles. The van der Waals surface area contributed by atoms with Gasteiger partial charge >= 0.3 is 6.18 Å². The van der Waals surface area contributed by atoms with E-state index >= 15 is 0 Å². The molecule has 0 aliphatic rings. The summed E-state index contributed by atoms with van der Waals surface area (Å²) in [4.78, 5) is 0. The highest BCUT2D eigenvalue weighted by Crippen LogP contribution is 2.30. The highest BCUT2D eigenvalue weighted by Gasteiger charge is 2.34. The molecule has 0 spiro atoms. The van der Waals surface area contributed by atoms with Crippen LogP contribution in [0.4, 0.5) is 13.2 Å². The lowest BCUT2D eigenvalue weighted by Gasteiger charge is -2.07. The molecule has 1 aromatic heterocycles. The first kappa shape index (κ1) is 11.5. The number of rotatable bonds is 0. The van der Waals surface area contributed by atoms with Crippen LogP contribution in [-0.4, -0.2) is 5.21 Å². The predicted octanol–water partition coefficient (Wildman–Crippen LogP) is 3.05. The SMILES string of the molecule is Cc1ccc2oc(C(F)(F)F)cc(=NO)c2c1. The molecular weight excluding hydrogens is 235 g/mol. The third-order valence-corrected chi connectivity index (χ3v) is 2.29. The maximum Gasteiger partial charge on any atom is 0.449 e. The van der Waals surface area contributed by atoms with Gasteiger partial charge in [-0.3, -0.25) is 0 Å². The molecule has 1 heterocycles. The van der Waals surface area contributed by atoms with E-state index in [-0.39, 0.29) is 10.9 Å². The molecule has 6 heteroatoms. The normalized spacial score (nSPS) is 13.3. The minimum absolute atomic E-state index is 0.0261. The van der Waals surface area contributed by atoms with Gasteiger partial charge < -0.3 is 9.62 Å². The quantitative estimate of drug-likeness (QED) is 0.571. The van der Waals surface area contributed by atoms with Gasteiger partial charge in [-0.25, -0.2) is 0 Å². The molecule has 0 aliphatic carbocycles. The summed E-state index contributed by atoms with van der Waals surface area (Å²) in [5.74, 6) is -1.19. The first-order valence-electron chi connectivity index (χ1n) is 4.71. The van der Waals surface area contributed by atoms with Crippen LogP contribution in [0.25, 0.3) is 11.0 Å². The molecule has 0 saturated carbocycles. The second kappa shape index (κ2) is 3.80. The number of hydrogen-bond donors (Lipinski definition) is 1. The van der Waals surface area contributed by atoms with Gasteiger partial charge in [0, 0.05) is 11.5 Å². The molecule has 0 amide bonds. The van der Waals surface area contributed by atoms with E-state index in [1.54, 1.807) is 19.1 Å². The van der Waals surface area contributed by atoms with Crippen LogP contribution >= 0.6 is 0 Å². The number of hydrogen-bond acceptors (Lipinski definition) is 3. The van der Waals surface area contributed by atoms with E-state index in [1.165, 1.54) is 6.07 Å². The average Bonchev–Trinajstić information content (AvgIpc) is 2.26. The van der Waals surface area contributed by atoms with E-state index in [2.05, 4.69) is 5.16 Å². The van der Waals surface area contributed by atoms with E-state index in [0.29, 0.717) is 11.5 Å². The van der Waals surface area contributed by atoms with Crippen LogP contribution < -0.4 is 5.36 Å². The largest absolute Gasteiger partial charge is 0.451 e. The molecule has 0 aliphatic heterocycles. The number of aryl methyl sites for hydroxylation is 1. The molecule has 0 saturated heterocycles. The average molecular weight is 243 g/mol. The lowest BCUT2D eigenvalue weighted by atomic mass is 10.1. The van der Waals surface area contributed by atoms with E-state index < -0.39 is 11.9 Å². The molecular formula is C11H8F3NO2. The Kier molecular flexibility index (Phi) is 2.57. The maximum absolute atomic E-state index is 12.5. The molecule has 0 atom stereocenters. The van der Waals surface area contributed by atoms with E-state index in [1.807, 2.05) is 0 Å². The number of fused-ring (bicyclic) bond motifs is 1. The van der Waals surface area contributed by atoms with Crippen LogP contribution in [0.5, 0.6) is 0 Å². The topological polar surface area (TPSA) is 45.7 Å². The van der Waals surface area contributed by atoms with Crippen LogP contribution in [0.1, 0.15) is 11.3 Å². The zero-order valence-electron chi connectivity index (χ0n) is 8.75. The number of alkyl halides is 3. The van der Waals surface area contributed by atoms with E-state index in [9.17, 15) is 13.2 Å². The van der Waals surface area contributed by atoms with Gasteiger partial charge in [0.25, 0.3) is 0 Å². The molecule has 0 radical (unpaired) electrons. The molecule has 0 fully saturated rings. The van der Waals surface area contributed by atoms with Crippen molar-refractivity contribution in [3.05, 3.63) is 40.9 Å². The van der Waals surface area contributed by atoms with Gasteiger partial charge in [-0.1, -0.05) is 16.8 Å². The van der Waals surface area contributed by atoms with Crippen molar-refractivity contribution in [2.45, 2.75) is 13.1 Å².